The summed E-state index contributed by atoms with van der Waals surface area (Å²) in [5.41, 5.74) is 4.44. The number of nitrogens with zero attached hydrogens (tertiary/aromatic N) is 1. The van der Waals surface area contributed by atoms with Gasteiger partial charge in [0.2, 0.25) is 0 Å². The molecule has 3 heteroatoms. The maximum Gasteiger partial charge on any atom is 0.125 e. The van der Waals surface area contributed by atoms with Crippen molar-refractivity contribution in [3.05, 3.63) is 63.7 Å². The van der Waals surface area contributed by atoms with Crippen LogP contribution in [0.15, 0.2) is 36.4 Å². The van der Waals surface area contributed by atoms with E-state index in [-0.39, 0.29) is 5.92 Å². The molecule has 22 heavy (non-hydrogen) atoms. The van der Waals surface area contributed by atoms with Crippen molar-refractivity contribution in [3.8, 4) is 11.8 Å². The largest absolute Gasteiger partial charge is 0.493 e. The van der Waals surface area contributed by atoms with Crippen molar-refractivity contribution < 1.29 is 4.74 Å². The minimum Gasteiger partial charge on any atom is -0.493 e. The lowest BCUT2D eigenvalue weighted by Gasteiger charge is -2.15. The summed E-state index contributed by atoms with van der Waals surface area (Å²) in [4.78, 5) is 0. The fraction of sp³-hybridized carbons (Fsp3) is 0.316. The molecule has 2 aromatic carbocycles. The predicted octanol–water partition coefficient (Wildman–Crippen LogP) is 5.34. The second-order valence-corrected chi connectivity index (χ2v) is 6.04. The highest BCUT2D eigenvalue weighted by Gasteiger charge is 2.12. The molecule has 114 valence electrons. The second kappa shape index (κ2) is 7.33. The smallest absolute Gasteiger partial charge is 0.125 e. The minimum absolute atomic E-state index is 0.204. The zero-order chi connectivity index (χ0) is 16.1. The van der Waals surface area contributed by atoms with Crippen LogP contribution in [-0.2, 0) is 0 Å². The summed E-state index contributed by atoms with van der Waals surface area (Å²) >= 11 is 5.99. The molecular formula is C19H20ClNO. The number of hydrogen-bond acceptors (Lipinski definition) is 2. The van der Waals surface area contributed by atoms with Crippen LogP contribution in [0, 0.1) is 32.1 Å². The number of halogens is 1. The minimum atomic E-state index is -0.204. The number of nitriles is 1. The van der Waals surface area contributed by atoms with Crippen molar-refractivity contribution in [1.29, 1.82) is 5.26 Å². The molecular weight excluding hydrogens is 294 g/mol. The molecule has 0 heterocycles. The summed E-state index contributed by atoms with van der Waals surface area (Å²) in [6, 6.07) is 14.0. The molecule has 2 nitrogen and oxygen atoms in total. The Bertz CT molecular complexity index is 680. The molecule has 2 aromatic rings. The lowest BCUT2D eigenvalue weighted by Crippen LogP contribution is -2.06. The zero-order valence-electron chi connectivity index (χ0n) is 13.2. The van der Waals surface area contributed by atoms with Crippen LogP contribution in [-0.4, -0.2) is 6.61 Å². The van der Waals surface area contributed by atoms with Gasteiger partial charge in [-0.2, -0.15) is 5.26 Å². The second-order valence-electron chi connectivity index (χ2n) is 5.60. The fourth-order valence-electron chi connectivity index (χ4n) is 2.70. The molecule has 0 aromatic heterocycles. The number of ether oxygens (including phenoxy) is 1. The lowest BCUT2D eigenvalue weighted by molar-refractivity contribution is 0.302. The van der Waals surface area contributed by atoms with E-state index in [9.17, 15) is 5.26 Å². The normalized spacial score (nSPS) is 11.8. The van der Waals surface area contributed by atoms with Gasteiger partial charge in [-0.25, -0.2) is 0 Å². The van der Waals surface area contributed by atoms with Gasteiger partial charge in [0.1, 0.15) is 5.75 Å². The number of benzene rings is 2. The highest BCUT2D eigenvalue weighted by atomic mass is 35.5. The molecule has 0 aliphatic carbocycles. The van der Waals surface area contributed by atoms with Gasteiger partial charge in [0.25, 0.3) is 0 Å². The standard InChI is InChI=1S/C19H20ClNO/c1-13-9-14(2)19(15(3)10-13)22-8-7-17(12-21)16-5-4-6-18(20)11-16/h4-6,9-11,17H,7-8H2,1-3H3. The summed E-state index contributed by atoms with van der Waals surface area (Å²) in [7, 11) is 0. The Balaban J connectivity index is 2.02. The van der Waals surface area contributed by atoms with Gasteiger partial charge < -0.3 is 4.74 Å². The molecule has 0 saturated carbocycles. The maximum atomic E-state index is 9.36. The molecule has 0 aliphatic heterocycles. The molecule has 0 fully saturated rings. The number of hydrogen-bond donors (Lipinski definition) is 0. The van der Waals surface area contributed by atoms with Crippen molar-refractivity contribution in [2.24, 2.45) is 0 Å². The van der Waals surface area contributed by atoms with Crippen LogP contribution in [0.1, 0.15) is 34.6 Å². The summed E-state index contributed by atoms with van der Waals surface area (Å²) in [6.07, 6.45) is 0.642. The first kappa shape index (κ1) is 16.4. The quantitative estimate of drug-likeness (QED) is 0.746. The van der Waals surface area contributed by atoms with E-state index in [0.717, 1.165) is 22.4 Å². The predicted molar refractivity (Wildman–Crippen MR) is 90.6 cm³/mol. The van der Waals surface area contributed by atoms with Gasteiger partial charge in [0, 0.05) is 11.4 Å². The van der Waals surface area contributed by atoms with Crippen molar-refractivity contribution >= 4 is 11.6 Å². The molecule has 0 saturated heterocycles. The van der Waals surface area contributed by atoms with E-state index in [2.05, 4.69) is 25.1 Å². The highest BCUT2D eigenvalue weighted by Crippen LogP contribution is 2.26. The van der Waals surface area contributed by atoms with Crippen LogP contribution >= 0.6 is 11.6 Å². The Morgan fingerprint density at radius 3 is 2.41 bits per heavy atom. The molecule has 1 atom stereocenters. The molecule has 0 aliphatic rings. The molecule has 0 spiro atoms. The SMILES string of the molecule is Cc1cc(C)c(OCCC(C#N)c2cccc(Cl)c2)c(C)c1. The summed E-state index contributed by atoms with van der Waals surface area (Å²) in [5, 5.41) is 10.0. The monoisotopic (exact) mass is 313 g/mol. The number of aryl methyl sites for hydroxylation is 3. The average Bonchev–Trinajstić information content (AvgIpc) is 2.45. The Morgan fingerprint density at radius 1 is 1.14 bits per heavy atom. The molecule has 0 radical (unpaired) electrons. The van der Waals surface area contributed by atoms with E-state index in [1.165, 1.54) is 5.56 Å². The lowest BCUT2D eigenvalue weighted by atomic mass is 9.98. The average molecular weight is 314 g/mol. The van der Waals surface area contributed by atoms with Crippen molar-refractivity contribution in [3.63, 3.8) is 0 Å². The molecule has 0 bridgehead atoms. The van der Waals surface area contributed by atoms with Gasteiger partial charge in [-0.3, -0.25) is 0 Å². The van der Waals surface area contributed by atoms with Gasteiger partial charge in [-0.15, -0.1) is 0 Å². The first-order valence-electron chi connectivity index (χ1n) is 7.37. The van der Waals surface area contributed by atoms with E-state index in [0.29, 0.717) is 18.1 Å². The van der Waals surface area contributed by atoms with Gasteiger partial charge in [-0.1, -0.05) is 41.4 Å². The molecule has 1 unspecified atom stereocenters. The Kier molecular flexibility index (Phi) is 5.46. The third-order valence-corrected chi connectivity index (χ3v) is 3.90. The Hall–Kier alpha value is -1.98. The van der Waals surface area contributed by atoms with Crippen LogP contribution in [0.2, 0.25) is 5.02 Å². The van der Waals surface area contributed by atoms with Crippen LogP contribution in [0.3, 0.4) is 0 Å². The van der Waals surface area contributed by atoms with Gasteiger partial charge in [0.15, 0.2) is 0 Å². The molecule has 0 N–H and O–H groups in total. The highest BCUT2D eigenvalue weighted by molar-refractivity contribution is 6.30. The first-order valence-corrected chi connectivity index (χ1v) is 7.75. The fourth-order valence-corrected chi connectivity index (χ4v) is 2.90. The van der Waals surface area contributed by atoms with Gasteiger partial charge in [-0.05, 0) is 49.6 Å². The zero-order valence-corrected chi connectivity index (χ0v) is 13.9. The van der Waals surface area contributed by atoms with Gasteiger partial charge in [0.05, 0.1) is 18.6 Å². The van der Waals surface area contributed by atoms with Gasteiger partial charge >= 0.3 is 0 Å². The molecule has 0 amide bonds. The summed E-state index contributed by atoms with van der Waals surface area (Å²) in [5.74, 6) is 0.721. The van der Waals surface area contributed by atoms with Crippen LogP contribution in [0.4, 0.5) is 0 Å². The van der Waals surface area contributed by atoms with Crippen molar-refractivity contribution in [2.75, 3.05) is 6.61 Å². The maximum absolute atomic E-state index is 9.36. The number of rotatable bonds is 5. The Labute approximate surface area is 137 Å². The van der Waals surface area contributed by atoms with Crippen LogP contribution < -0.4 is 4.74 Å². The third kappa shape index (κ3) is 4.02. The van der Waals surface area contributed by atoms with Crippen molar-refractivity contribution in [1.82, 2.24) is 0 Å². The summed E-state index contributed by atoms with van der Waals surface area (Å²) < 4.78 is 5.92. The van der Waals surface area contributed by atoms with E-state index < -0.39 is 0 Å². The first-order chi connectivity index (χ1) is 10.5. The van der Waals surface area contributed by atoms with E-state index in [1.54, 1.807) is 0 Å². The Morgan fingerprint density at radius 2 is 1.82 bits per heavy atom. The third-order valence-electron chi connectivity index (χ3n) is 3.66. The van der Waals surface area contributed by atoms with E-state index in [1.807, 2.05) is 38.1 Å². The van der Waals surface area contributed by atoms with E-state index in [4.69, 9.17) is 16.3 Å². The van der Waals surface area contributed by atoms with Crippen molar-refractivity contribution in [2.45, 2.75) is 33.1 Å². The van der Waals surface area contributed by atoms with Crippen LogP contribution in [0.5, 0.6) is 5.75 Å². The molecule has 2 rings (SSSR count). The topological polar surface area (TPSA) is 33.0 Å². The van der Waals surface area contributed by atoms with Crippen LogP contribution in [0.25, 0.3) is 0 Å². The summed E-state index contributed by atoms with van der Waals surface area (Å²) in [6.45, 7) is 6.69. The van der Waals surface area contributed by atoms with E-state index >= 15 is 0 Å².